The molecule has 0 unspecified atom stereocenters. The molecule has 2 aromatic carbocycles. The van der Waals surface area contributed by atoms with E-state index >= 15 is 0 Å². The molecule has 2 N–H and O–H groups in total. The van der Waals surface area contributed by atoms with Gasteiger partial charge in [0.2, 0.25) is 5.95 Å². The zero-order valence-electron chi connectivity index (χ0n) is 17.7. The van der Waals surface area contributed by atoms with E-state index in [0.717, 1.165) is 22.1 Å². The Bertz CT molecular complexity index is 1070. The molecule has 3 aromatic rings. The van der Waals surface area contributed by atoms with Gasteiger partial charge in [-0.05, 0) is 53.4 Å². The Labute approximate surface area is 176 Å². The van der Waals surface area contributed by atoms with Crippen LogP contribution in [0.5, 0.6) is 5.75 Å². The Morgan fingerprint density at radius 2 is 1.90 bits per heavy atom. The Morgan fingerprint density at radius 3 is 2.67 bits per heavy atom. The maximum absolute atomic E-state index is 12.3. The number of hydrogen-bond acceptors (Lipinski definition) is 5. The van der Waals surface area contributed by atoms with Crippen LogP contribution in [0.25, 0.3) is 10.8 Å². The Hall–Kier alpha value is -3.35. The van der Waals surface area contributed by atoms with Crippen molar-refractivity contribution in [1.29, 1.82) is 0 Å². The van der Waals surface area contributed by atoms with Crippen LogP contribution >= 0.6 is 0 Å². The fourth-order valence-electron chi connectivity index (χ4n) is 3.80. The molecule has 0 radical (unpaired) electrons. The van der Waals surface area contributed by atoms with Crippen molar-refractivity contribution in [3.05, 3.63) is 54.2 Å². The second kappa shape index (κ2) is 8.18. The highest BCUT2D eigenvalue weighted by molar-refractivity contribution is 5.94. The summed E-state index contributed by atoms with van der Waals surface area (Å²) < 4.78 is 5.30. The van der Waals surface area contributed by atoms with Gasteiger partial charge in [-0.3, -0.25) is 4.90 Å². The van der Waals surface area contributed by atoms with Crippen LogP contribution in [-0.4, -0.2) is 35.7 Å². The van der Waals surface area contributed by atoms with Crippen molar-refractivity contribution in [3.8, 4) is 5.75 Å². The van der Waals surface area contributed by atoms with Crippen molar-refractivity contribution in [3.63, 3.8) is 0 Å². The average molecular weight is 406 g/mol. The molecule has 156 valence electrons. The smallest absolute Gasteiger partial charge is 0.323 e. The van der Waals surface area contributed by atoms with Crippen molar-refractivity contribution in [2.24, 2.45) is 5.92 Å². The number of anilines is 2. The van der Waals surface area contributed by atoms with Gasteiger partial charge in [-0.25, -0.2) is 9.78 Å². The third-order valence-corrected chi connectivity index (χ3v) is 5.59. The number of carbonyl (C=O) groups excluding carboxylic acids is 1. The molecule has 0 aliphatic carbocycles. The van der Waals surface area contributed by atoms with E-state index in [1.165, 1.54) is 0 Å². The van der Waals surface area contributed by atoms with Crippen LogP contribution < -0.4 is 20.3 Å². The molecule has 4 rings (SSSR count). The number of nitrogens with zero attached hydrogens (tertiary/aromatic N) is 3. The summed E-state index contributed by atoms with van der Waals surface area (Å²) in [5.74, 6) is 2.28. The number of fused-ring (bicyclic) bond motifs is 1. The molecule has 1 fully saturated rings. The topological polar surface area (TPSA) is 79.4 Å². The van der Waals surface area contributed by atoms with Gasteiger partial charge in [0.05, 0.1) is 19.2 Å². The quantitative estimate of drug-likeness (QED) is 0.637. The van der Waals surface area contributed by atoms with E-state index < -0.39 is 0 Å². The summed E-state index contributed by atoms with van der Waals surface area (Å²) in [7, 11) is 1.67. The first-order chi connectivity index (χ1) is 14.5. The van der Waals surface area contributed by atoms with Crippen LogP contribution in [0.4, 0.5) is 16.6 Å². The van der Waals surface area contributed by atoms with Gasteiger partial charge in [0, 0.05) is 12.7 Å². The highest BCUT2D eigenvalue weighted by atomic mass is 16.5. The number of rotatable bonds is 6. The highest BCUT2D eigenvalue weighted by Gasteiger charge is 2.34. The summed E-state index contributed by atoms with van der Waals surface area (Å²) >= 11 is 0. The lowest BCUT2D eigenvalue weighted by Gasteiger charge is -2.25. The van der Waals surface area contributed by atoms with Crippen molar-refractivity contribution in [1.82, 2.24) is 15.3 Å². The summed E-state index contributed by atoms with van der Waals surface area (Å²) in [5.41, 5.74) is 1.13. The summed E-state index contributed by atoms with van der Waals surface area (Å²) in [4.78, 5) is 23.0. The molecule has 7 nitrogen and oxygen atoms in total. The Morgan fingerprint density at radius 1 is 1.13 bits per heavy atom. The fraction of sp³-hybridized carbons (Fsp3) is 0.348. The molecule has 30 heavy (non-hydrogen) atoms. The van der Waals surface area contributed by atoms with Crippen molar-refractivity contribution < 1.29 is 9.53 Å². The lowest BCUT2D eigenvalue weighted by molar-refractivity contribution is 0.251. The molecule has 0 spiro atoms. The largest absolute Gasteiger partial charge is 0.497 e. The van der Waals surface area contributed by atoms with Crippen LogP contribution in [0.2, 0.25) is 0 Å². The van der Waals surface area contributed by atoms with Gasteiger partial charge < -0.3 is 15.4 Å². The van der Waals surface area contributed by atoms with Crippen LogP contribution in [0.1, 0.15) is 32.4 Å². The minimum absolute atomic E-state index is 0.0000481. The number of nitrogens with one attached hydrogen (secondary N) is 2. The average Bonchev–Trinajstić information content (AvgIpc) is 3.15. The van der Waals surface area contributed by atoms with E-state index in [9.17, 15) is 4.79 Å². The molecule has 2 amide bonds. The molecule has 7 heteroatoms. The molecular weight excluding hydrogens is 378 g/mol. The number of amides is 2. The van der Waals surface area contributed by atoms with Crippen LogP contribution in [0.15, 0.2) is 48.7 Å². The predicted octanol–water partition coefficient (Wildman–Crippen LogP) is 4.37. The standard InChI is InChI=1S/C23H27N5O2/c1-14(2)20-13-25-23(29)28(20)21-9-10-24-22(27-21)26-15(3)16-5-6-18-12-19(30-4)8-7-17(18)11-16/h5-12,14-15,20H,13H2,1-4H3,(H,25,29)(H,24,26,27)/t15-,20+/m0/s1. The fourth-order valence-corrected chi connectivity index (χ4v) is 3.80. The minimum Gasteiger partial charge on any atom is -0.497 e. The maximum Gasteiger partial charge on any atom is 0.323 e. The van der Waals surface area contributed by atoms with Crippen molar-refractivity contribution >= 4 is 28.6 Å². The maximum atomic E-state index is 12.3. The monoisotopic (exact) mass is 405 g/mol. The lowest BCUT2D eigenvalue weighted by Crippen LogP contribution is -2.38. The van der Waals surface area contributed by atoms with Gasteiger partial charge in [0.1, 0.15) is 11.6 Å². The Kier molecular flexibility index (Phi) is 5.44. The van der Waals surface area contributed by atoms with Crippen LogP contribution in [0.3, 0.4) is 0 Å². The number of ether oxygens (including phenoxy) is 1. The number of aromatic nitrogens is 2. The van der Waals surface area contributed by atoms with E-state index in [4.69, 9.17) is 4.74 Å². The number of hydrogen-bond donors (Lipinski definition) is 2. The van der Waals surface area contributed by atoms with Crippen LogP contribution in [0, 0.1) is 5.92 Å². The van der Waals surface area contributed by atoms with Gasteiger partial charge in [-0.2, -0.15) is 4.98 Å². The van der Waals surface area contributed by atoms with E-state index in [1.54, 1.807) is 24.3 Å². The molecule has 2 heterocycles. The van der Waals surface area contributed by atoms with E-state index in [-0.39, 0.29) is 18.1 Å². The molecule has 0 saturated carbocycles. The molecule has 1 aliphatic heterocycles. The summed E-state index contributed by atoms with van der Waals surface area (Å²) in [6, 6.07) is 14.1. The summed E-state index contributed by atoms with van der Waals surface area (Å²) in [5, 5.41) is 8.54. The van der Waals surface area contributed by atoms with Gasteiger partial charge >= 0.3 is 6.03 Å². The summed E-state index contributed by atoms with van der Waals surface area (Å²) in [6.45, 7) is 6.91. The normalized spacial score (nSPS) is 17.3. The third kappa shape index (κ3) is 3.87. The van der Waals surface area contributed by atoms with Gasteiger partial charge in [-0.15, -0.1) is 0 Å². The van der Waals surface area contributed by atoms with E-state index in [0.29, 0.717) is 24.2 Å². The molecule has 0 bridgehead atoms. The number of benzene rings is 2. The van der Waals surface area contributed by atoms with Crippen LogP contribution in [-0.2, 0) is 0 Å². The SMILES string of the molecule is COc1ccc2cc([C@H](C)Nc3nccc(N4C(=O)NC[C@@H]4C(C)C)n3)ccc2c1. The molecule has 1 aliphatic rings. The third-order valence-electron chi connectivity index (χ3n) is 5.59. The molecule has 1 saturated heterocycles. The number of urea groups is 1. The van der Waals surface area contributed by atoms with E-state index in [1.807, 2.05) is 12.1 Å². The number of methoxy groups -OCH3 is 1. The molecule has 1 aromatic heterocycles. The highest BCUT2D eigenvalue weighted by Crippen LogP contribution is 2.27. The Balaban J connectivity index is 1.55. The molecular formula is C23H27N5O2. The van der Waals surface area contributed by atoms with Gasteiger partial charge in [0.25, 0.3) is 0 Å². The van der Waals surface area contributed by atoms with Crippen molar-refractivity contribution in [2.45, 2.75) is 32.9 Å². The first kappa shape index (κ1) is 19.9. The second-order valence-electron chi connectivity index (χ2n) is 7.94. The zero-order valence-corrected chi connectivity index (χ0v) is 17.7. The van der Waals surface area contributed by atoms with Gasteiger partial charge in [0.15, 0.2) is 0 Å². The second-order valence-corrected chi connectivity index (χ2v) is 7.94. The van der Waals surface area contributed by atoms with E-state index in [2.05, 4.69) is 65.6 Å². The first-order valence-electron chi connectivity index (χ1n) is 10.2. The number of carbonyl (C=O) groups is 1. The lowest BCUT2D eigenvalue weighted by atomic mass is 10.0. The summed E-state index contributed by atoms with van der Waals surface area (Å²) in [6.07, 6.45) is 1.69. The van der Waals surface area contributed by atoms with Gasteiger partial charge in [-0.1, -0.05) is 32.0 Å². The van der Waals surface area contributed by atoms with Crippen molar-refractivity contribution in [2.75, 3.05) is 23.9 Å². The first-order valence-corrected chi connectivity index (χ1v) is 10.2. The zero-order chi connectivity index (χ0) is 21.3. The molecule has 2 atom stereocenters. The predicted molar refractivity (Wildman–Crippen MR) is 119 cm³/mol. The minimum atomic E-state index is -0.114.